The molecule has 1 atom stereocenters. The summed E-state index contributed by atoms with van der Waals surface area (Å²) in [4.78, 5) is 32.5. The Kier molecular flexibility index (Phi) is 4.54. The molecule has 1 aromatic carbocycles. The summed E-state index contributed by atoms with van der Waals surface area (Å²) in [6, 6.07) is 8.14. The molecule has 0 radical (unpaired) electrons. The monoisotopic (exact) mass is 334 g/mol. The molecule has 0 bridgehead atoms. The lowest BCUT2D eigenvalue weighted by molar-refractivity contribution is 0.0577. The van der Waals surface area contributed by atoms with E-state index in [-0.39, 0.29) is 17.6 Å². The van der Waals surface area contributed by atoms with Gasteiger partial charge in [0.15, 0.2) is 0 Å². The summed E-state index contributed by atoms with van der Waals surface area (Å²) in [5.74, 6) is -0.137. The highest BCUT2D eigenvalue weighted by atomic mass is 35.5. The van der Waals surface area contributed by atoms with Crippen molar-refractivity contribution < 1.29 is 4.79 Å². The van der Waals surface area contributed by atoms with Crippen LogP contribution in [0.15, 0.2) is 35.3 Å². The van der Waals surface area contributed by atoms with Gasteiger partial charge in [-0.15, -0.1) is 0 Å². The van der Waals surface area contributed by atoms with Crippen LogP contribution < -0.4 is 5.69 Å². The van der Waals surface area contributed by atoms with Gasteiger partial charge in [-0.2, -0.15) is 0 Å². The Labute approximate surface area is 139 Å². The molecule has 2 aromatic rings. The maximum Gasteiger partial charge on any atom is 0.323 e. The zero-order valence-corrected chi connectivity index (χ0v) is 13.6. The minimum atomic E-state index is -0.358. The van der Waals surface area contributed by atoms with E-state index in [1.54, 1.807) is 4.90 Å². The Morgan fingerprint density at radius 3 is 2.39 bits per heavy atom. The van der Waals surface area contributed by atoms with Crippen LogP contribution in [0.1, 0.15) is 29.0 Å². The van der Waals surface area contributed by atoms with E-state index in [1.165, 1.54) is 11.8 Å². The first-order valence-corrected chi connectivity index (χ1v) is 7.99. The molecule has 7 heteroatoms. The van der Waals surface area contributed by atoms with Gasteiger partial charge < -0.3 is 14.9 Å². The molecular weight excluding hydrogens is 316 g/mol. The number of aromatic nitrogens is 2. The zero-order valence-electron chi connectivity index (χ0n) is 12.9. The Hall–Kier alpha value is -2.05. The highest BCUT2D eigenvalue weighted by molar-refractivity contribution is 6.30. The van der Waals surface area contributed by atoms with Crippen molar-refractivity contribution in [3.05, 3.63) is 57.2 Å². The molecule has 2 heterocycles. The van der Waals surface area contributed by atoms with Crippen LogP contribution in [0.2, 0.25) is 5.02 Å². The summed E-state index contributed by atoms with van der Waals surface area (Å²) in [7, 11) is 0. The molecule has 1 fully saturated rings. The van der Waals surface area contributed by atoms with Crippen LogP contribution in [0.5, 0.6) is 0 Å². The normalized spacial score (nSPS) is 17.2. The second-order valence-corrected chi connectivity index (χ2v) is 6.15. The number of hydrogen-bond donors (Lipinski definition) is 2. The Morgan fingerprint density at radius 1 is 1.17 bits per heavy atom. The number of aromatic amines is 2. The van der Waals surface area contributed by atoms with E-state index in [9.17, 15) is 9.59 Å². The summed E-state index contributed by atoms with van der Waals surface area (Å²) in [6.45, 7) is 5.03. The van der Waals surface area contributed by atoms with E-state index in [1.807, 2.05) is 24.3 Å². The molecule has 0 spiro atoms. The lowest BCUT2D eigenvalue weighted by atomic mass is 10.1. The number of amides is 1. The Balaban J connectivity index is 1.60. The SMILES string of the molecule is C[C@@H](c1ccc(Cl)cc1)N1CCN(C(=O)c2c[nH]c(=O)[nH]2)CC1. The number of nitrogens with zero attached hydrogens (tertiary/aromatic N) is 2. The number of carbonyl (C=O) groups is 1. The van der Waals surface area contributed by atoms with Crippen molar-refractivity contribution >= 4 is 17.5 Å². The first kappa shape index (κ1) is 15.8. The molecule has 0 aliphatic carbocycles. The third kappa shape index (κ3) is 3.48. The number of hydrogen-bond acceptors (Lipinski definition) is 3. The van der Waals surface area contributed by atoms with E-state index < -0.39 is 0 Å². The van der Waals surface area contributed by atoms with Gasteiger partial charge in [-0.05, 0) is 24.6 Å². The molecule has 1 amide bonds. The number of H-pyrrole nitrogens is 2. The predicted molar refractivity (Wildman–Crippen MR) is 88.8 cm³/mol. The van der Waals surface area contributed by atoms with E-state index in [0.29, 0.717) is 18.8 Å². The first-order valence-electron chi connectivity index (χ1n) is 7.61. The Bertz CT molecular complexity index is 729. The topological polar surface area (TPSA) is 72.2 Å². The van der Waals surface area contributed by atoms with Gasteiger partial charge in [0, 0.05) is 43.4 Å². The van der Waals surface area contributed by atoms with Crippen molar-refractivity contribution in [3.8, 4) is 0 Å². The lowest BCUT2D eigenvalue weighted by Crippen LogP contribution is -2.49. The molecule has 1 aliphatic rings. The average Bonchev–Trinajstić information content (AvgIpc) is 3.01. The molecule has 0 unspecified atom stereocenters. The molecule has 6 nitrogen and oxygen atoms in total. The van der Waals surface area contributed by atoms with Crippen molar-refractivity contribution in [1.82, 2.24) is 19.8 Å². The molecule has 1 aromatic heterocycles. The van der Waals surface area contributed by atoms with Gasteiger partial charge in [-0.25, -0.2) is 4.79 Å². The van der Waals surface area contributed by atoms with Gasteiger partial charge in [0.25, 0.3) is 5.91 Å². The molecule has 0 saturated carbocycles. The number of benzene rings is 1. The summed E-state index contributed by atoms with van der Waals surface area (Å²) >= 11 is 5.93. The highest BCUT2D eigenvalue weighted by Gasteiger charge is 2.26. The molecule has 1 saturated heterocycles. The van der Waals surface area contributed by atoms with Crippen molar-refractivity contribution in [3.63, 3.8) is 0 Å². The second kappa shape index (κ2) is 6.60. The number of halogens is 1. The summed E-state index contributed by atoms with van der Waals surface area (Å²) < 4.78 is 0. The van der Waals surface area contributed by atoms with Gasteiger partial charge in [0.2, 0.25) is 0 Å². The average molecular weight is 335 g/mol. The molecule has 23 heavy (non-hydrogen) atoms. The van der Waals surface area contributed by atoms with Crippen LogP contribution in [0, 0.1) is 0 Å². The molecule has 3 rings (SSSR count). The van der Waals surface area contributed by atoms with Gasteiger partial charge in [0.05, 0.1) is 0 Å². The fourth-order valence-corrected chi connectivity index (χ4v) is 3.01. The van der Waals surface area contributed by atoms with E-state index in [2.05, 4.69) is 21.8 Å². The van der Waals surface area contributed by atoms with Crippen LogP contribution in [-0.2, 0) is 0 Å². The van der Waals surface area contributed by atoms with Gasteiger partial charge in [-0.1, -0.05) is 23.7 Å². The predicted octanol–water partition coefficient (Wildman–Crippen LogP) is 1.88. The summed E-state index contributed by atoms with van der Waals surface area (Å²) in [5, 5.41) is 0.733. The Morgan fingerprint density at radius 2 is 1.83 bits per heavy atom. The van der Waals surface area contributed by atoms with E-state index in [0.717, 1.165) is 18.1 Å². The quantitative estimate of drug-likeness (QED) is 0.900. The van der Waals surface area contributed by atoms with Gasteiger partial charge >= 0.3 is 5.69 Å². The lowest BCUT2D eigenvalue weighted by Gasteiger charge is -2.38. The highest BCUT2D eigenvalue weighted by Crippen LogP contribution is 2.23. The summed E-state index contributed by atoms with van der Waals surface area (Å²) in [6.07, 6.45) is 1.42. The second-order valence-electron chi connectivity index (χ2n) is 5.71. The van der Waals surface area contributed by atoms with Crippen LogP contribution >= 0.6 is 11.6 Å². The van der Waals surface area contributed by atoms with Crippen LogP contribution in [0.4, 0.5) is 0 Å². The molecule has 1 aliphatic heterocycles. The van der Waals surface area contributed by atoms with Crippen molar-refractivity contribution in [2.24, 2.45) is 0 Å². The molecule has 2 N–H and O–H groups in total. The minimum absolute atomic E-state index is 0.137. The number of imidazole rings is 1. The van der Waals surface area contributed by atoms with Crippen LogP contribution in [-0.4, -0.2) is 51.9 Å². The largest absolute Gasteiger partial charge is 0.335 e. The van der Waals surface area contributed by atoms with Crippen molar-refractivity contribution in [2.75, 3.05) is 26.2 Å². The van der Waals surface area contributed by atoms with E-state index >= 15 is 0 Å². The van der Waals surface area contributed by atoms with E-state index in [4.69, 9.17) is 11.6 Å². The molecule has 122 valence electrons. The fraction of sp³-hybridized carbons (Fsp3) is 0.375. The fourth-order valence-electron chi connectivity index (χ4n) is 2.88. The third-order valence-electron chi connectivity index (χ3n) is 4.33. The third-order valence-corrected chi connectivity index (χ3v) is 4.58. The van der Waals surface area contributed by atoms with Crippen molar-refractivity contribution in [2.45, 2.75) is 13.0 Å². The van der Waals surface area contributed by atoms with Crippen LogP contribution in [0.3, 0.4) is 0 Å². The van der Waals surface area contributed by atoms with Crippen molar-refractivity contribution in [1.29, 1.82) is 0 Å². The number of piperazine rings is 1. The summed E-state index contributed by atoms with van der Waals surface area (Å²) in [5.41, 5.74) is 1.17. The number of carbonyl (C=O) groups excluding carboxylic acids is 1. The minimum Gasteiger partial charge on any atom is -0.335 e. The zero-order chi connectivity index (χ0) is 16.4. The first-order chi connectivity index (χ1) is 11.0. The van der Waals surface area contributed by atoms with Gasteiger partial charge in [-0.3, -0.25) is 9.69 Å². The van der Waals surface area contributed by atoms with Gasteiger partial charge in [0.1, 0.15) is 5.69 Å². The number of rotatable bonds is 3. The maximum absolute atomic E-state index is 12.3. The smallest absolute Gasteiger partial charge is 0.323 e. The van der Waals surface area contributed by atoms with Crippen LogP contribution in [0.25, 0.3) is 0 Å². The standard InChI is InChI=1S/C16H19ClN4O2/c1-11(12-2-4-13(17)5-3-12)20-6-8-21(9-7-20)15(22)14-10-18-16(23)19-14/h2-5,10-11H,6-9H2,1H3,(H2,18,19,23)/t11-/m0/s1. The molecular formula is C16H19ClN4O2. The maximum atomic E-state index is 12.3. The number of nitrogens with one attached hydrogen (secondary N) is 2.